The van der Waals surface area contributed by atoms with Crippen LogP contribution in [0.15, 0.2) is 11.6 Å². The summed E-state index contributed by atoms with van der Waals surface area (Å²) >= 11 is 1.57. The Kier molecular flexibility index (Phi) is 3.25. The quantitative estimate of drug-likeness (QED) is 0.834. The lowest BCUT2D eigenvalue weighted by Gasteiger charge is -2.25. The van der Waals surface area contributed by atoms with Crippen molar-refractivity contribution in [3.8, 4) is 0 Å². The Morgan fingerprint density at radius 3 is 3.06 bits per heavy atom. The summed E-state index contributed by atoms with van der Waals surface area (Å²) < 4.78 is 0. The Balaban J connectivity index is 2.00. The number of thiazole rings is 1. The minimum absolute atomic E-state index is 0.0285. The molecule has 2 rings (SSSR count). The second kappa shape index (κ2) is 4.51. The topological polar surface area (TPSA) is 54.0 Å². The summed E-state index contributed by atoms with van der Waals surface area (Å²) in [6.07, 6.45) is 3.78. The molecule has 2 heterocycles. The summed E-state index contributed by atoms with van der Waals surface area (Å²) in [6.45, 7) is 4.91. The minimum Gasteiger partial charge on any atom is -0.343 e. The first-order valence-electron chi connectivity index (χ1n) is 5.55. The lowest BCUT2D eigenvalue weighted by Crippen LogP contribution is -2.48. The molecule has 5 heteroatoms. The van der Waals surface area contributed by atoms with Gasteiger partial charge in [0, 0.05) is 11.6 Å². The molecular formula is C11H17N3OS. The molecule has 4 nitrogen and oxygen atoms in total. The fraction of sp³-hybridized carbons (Fsp3) is 0.636. The van der Waals surface area contributed by atoms with Crippen molar-refractivity contribution in [3.63, 3.8) is 0 Å². The second-order valence-electron chi connectivity index (χ2n) is 4.60. The Hall–Kier alpha value is -0.940. The van der Waals surface area contributed by atoms with Crippen molar-refractivity contribution < 1.29 is 4.79 Å². The van der Waals surface area contributed by atoms with Crippen molar-refractivity contribution in [2.75, 3.05) is 6.54 Å². The van der Waals surface area contributed by atoms with Crippen molar-refractivity contribution in [1.29, 1.82) is 0 Å². The van der Waals surface area contributed by atoms with Gasteiger partial charge in [-0.3, -0.25) is 4.79 Å². The highest BCUT2D eigenvalue weighted by Crippen LogP contribution is 2.22. The highest BCUT2D eigenvalue weighted by molar-refractivity contribution is 7.09. The van der Waals surface area contributed by atoms with Gasteiger partial charge < -0.3 is 10.6 Å². The van der Waals surface area contributed by atoms with E-state index in [1.165, 1.54) is 0 Å². The molecule has 0 radical (unpaired) electrons. The van der Waals surface area contributed by atoms with Gasteiger partial charge in [0.15, 0.2) is 0 Å². The molecule has 0 unspecified atom stereocenters. The maximum Gasteiger partial charge on any atom is 0.237 e. The third kappa shape index (κ3) is 2.41. The van der Waals surface area contributed by atoms with Crippen molar-refractivity contribution in [3.05, 3.63) is 16.6 Å². The van der Waals surface area contributed by atoms with Crippen LogP contribution in [0.3, 0.4) is 0 Å². The molecule has 1 aromatic heterocycles. The predicted molar refractivity (Wildman–Crippen MR) is 64.3 cm³/mol. The maximum atomic E-state index is 12.0. The molecule has 0 aliphatic carbocycles. The third-order valence-corrected chi connectivity index (χ3v) is 3.88. The number of nitrogens with one attached hydrogen (secondary N) is 2. The van der Waals surface area contributed by atoms with E-state index in [0.717, 1.165) is 24.4 Å². The second-order valence-corrected chi connectivity index (χ2v) is 5.50. The molecule has 1 amide bonds. The summed E-state index contributed by atoms with van der Waals surface area (Å²) in [5.41, 5.74) is -0.379. The first-order valence-corrected chi connectivity index (χ1v) is 6.43. The number of amides is 1. The predicted octanol–water partition coefficient (Wildman–Crippen LogP) is 1.25. The third-order valence-electron chi connectivity index (χ3n) is 2.78. The molecule has 0 spiro atoms. The van der Waals surface area contributed by atoms with Crippen LogP contribution in [0.5, 0.6) is 0 Å². The van der Waals surface area contributed by atoms with Crippen LogP contribution in [0.2, 0.25) is 0 Å². The van der Waals surface area contributed by atoms with E-state index in [-0.39, 0.29) is 17.5 Å². The fourth-order valence-corrected chi connectivity index (χ4v) is 2.61. The molecule has 1 aliphatic heterocycles. The Labute approximate surface area is 99.5 Å². The average Bonchev–Trinajstić information content (AvgIpc) is 2.91. The molecule has 2 N–H and O–H groups in total. The van der Waals surface area contributed by atoms with E-state index < -0.39 is 0 Å². The van der Waals surface area contributed by atoms with Gasteiger partial charge in [-0.25, -0.2) is 4.98 Å². The number of hydrogen-bond acceptors (Lipinski definition) is 4. The van der Waals surface area contributed by atoms with E-state index >= 15 is 0 Å². The van der Waals surface area contributed by atoms with Gasteiger partial charge in [-0.05, 0) is 33.2 Å². The van der Waals surface area contributed by atoms with Crippen LogP contribution in [0.1, 0.15) is 31.7 Å². The number of aromatic nitrogens is 1. The van der Waals surface area contributed by atoms with E-state index in [4.69, 9.17) is 0 Å². The number of carbonyl (C=O) groups excluding carboxylic acids is 1. The first kappa shape index (κ1) is 11.5. The van der Waals surface area contributed by atoms with E-state index in [1.807, 2.05) is 19.2 Å². The molecular weight excluding hydrogens is 222 g/mol. The molecule has 1 fully saturated rings. The number of hydrogen-bond donors (Lipinski definition) is 2. The maximum absolute atomic E-state index is 12.0. The van der Waals surface area contributed by atoms with Gasteiger partial charge in [-0.15, -0.1) is 11.3 Å². The van der Waals surface area contributed by atoms with Gasteiger partial charge in [0.25, 0.3) is 0 Å². The van der Waals surface area contributed by atoms with Crippen LogP contribution < -0.4 is 10.6 Å². The zero-order valence-corrected chi connectivity index (χ0v) is 10.4. The zero-order valence-electron chi connectivity index (χ0n) is 9.62. The lowest BCUT2D eigenvalue weighted by molar-refractivity contribution is -0.124. The normalized spacial score (nSPS) is 21.0. The molecule has 0 saturated carbocycles. The smallest absolute Gasteiger partial charge is 0.237 e. The summed E-state index contributed by atoms with van der Waals surface area (Å²) in [4.78, 5) is 16.2. The van der Waals surface area contributed by atoms with Crippen molar-refractivity contribution in [1.82, 2.24) is 15.6 Å². The lowest BCUT2D eigenvalue weighted by atomic mass is 10.1. The highest BCUT2D eigenvalue weighted by Gasteiger charge is 2.30. The molecule has 1 saturated heterocycles. The molecule has 1 aromatic rings. The number of rotatable bonds is 3. The minimum atomic E-state index is -0.379. The molecule has 1 atom stereocenters. The summed E-state index contributed by atoms with van der Waals surface area (Å²) in [7, 11) is 0. The standard InChI is InChI=1S/C11H17N3OS/c1-11(2,10-13-6-7-16-10)14-9(15)8-4-3-5-12-8/h6-8,12H,3-5H2,1-2H3,(H,14,15)/t8-/m1/s1. The van der Waals surface area contributed by atoms with Crippen LogP contribution in [-0.2, 0) is 10.3 Å². The van der Waals surface area contributed by atoms with Crippen molar-refractivity contribution in [2.24, 2.45) is 0 Å². The van der Waals surface area contributed by atoms with Gasteiger partial charge in [0.05, 0.1) is 11.6 Å². The monoisotopic (exact) mass is 239 g/mol. The van der Waals surface area contributed by atoms with Crippen LogP contribution in [0.4, 0.5) is 0 Å². The van der Waals surface area contributed by atoms with Crippen LogP contribution >= 0.6 is 11.3 Å². The molecule has 0 aromatic carbocycles. The van der Waals surface area contributed by atoms with Gasteiger partial charge in [-0.1, -0.05) is 0 Å². The fourth-order valence-electron chi connectivity index (χ4n) is 1.89. The van der Waals surface area contributed by atoms with E-state index in [9.17, 15) is 4.79 Å². The summed E-state index contributed by atoms with van der Waals surface area (Å²) in [6, 6.07) is -0.0285. The van der Waals surface area contributed by atoms with Crippen molar-refractivity contribution in [2.45, 2.75) is 38.3 Å². The van der Waals surface area contributed by atoms with Crippen LogP contribution in [0, 0.1) is 0 Å². The Bertz CT molecular complexity index is 355. The van der Waals surface area contributed by atoms with E-state index in [2.05, 4.69) is 15.6 Å². The number of nitrogens with zero attached hydrogens (tertiary/aromatic N) is 1. The molecule has 1 aliphatic rings. The Morgan fingerprint density at radius 1 is 1.69 bits per heavy atom. The van der Waals surface area contributed by atoms with Gasteiger partial charge in [0.2, 0.25) is 5.91 Å². The molecule has 0 bridgehead atoms. The van der Waals surface area contributed by atoms with E-state index in [0.29, 0.717) is 0 Å². The summed E-state index contributed by atoms with van der Waals surface area (Å²) in [5.74, 6) is 0.0812. The summed E-state index contributed by atoms with van der Waals surface area (Å²) in [5, 5.41) is 9.11. The Morgan fingerprint density at radius 2 is 2.50 bits per heavy atom. The SMILES string of the molecule is CC(C)(NC(=O)[C@H]1CCCN1)c1nccs1. The number of carbonyl (C=O) groups is 1. The van der Waals surface area contributed by atoms with Gasteiger partial charge in [-0.2, -0.15) is 0 Å². The first-order chi connectivity index (χ1) is 7.59. The van der Waals surface area contributed by atoms with E-state index in [1.54, 1.807) is 17.5 Å². The largest absolute Gasteiger partial charge is 0.343 e. The van der Waals surface area contributed by atoms with Gasteiger partial charge in [0.1, 0.15) is 5.01 Å². The van der Waals surface area contributed by atoms with Crippen LogP contribution in [0.25, 0.3) is 0 Å². The molecule has 88 valence electrons. The molecule has 16 heavy (non-hydrogen) atoms. The average molecular weight is 239 g/mol. The zero-order chi connectivity index (χ0) is 11.6. The van der Waals surface area contributed by atoms with Crippen LogP contribution in [-0.4, -0.2) is 23.5 Å². The van der Waals surface area contributed by atoms with Crippen molar-refractivity contribution >= 4 is 17.2 Å². The highest BCUT2D eigenvalue weighted by atomic mass is 32.1. The van der Waals surface area contributed by atoms with Gasteiger partial charge >= 0.3 is 0 Å².